The summed E-state index contributed by atoms with van der Waals surface area (Å²) in [7, 11) is -4.38. The molecule has 0 aliphatic rings. The lowest BCUT2D eigenvalue weighted by molar-refractivity contribution is 0.215. The topological polar surface area (TPSA) is 102 Å². The molecule has 0 aromatic carbocycles. The van der Waals surface area contributed by atoms with Gasteiger partial charge in [-0.1, -0.05) is 81.5 Å². The van der Waals surface area contributed by atoms with Crippen LogP contribution in [-0.4, -0.2) is 16.4 Å². The van der Waals surface area contributed by atoms with Crippen LogP contribution in [0.3, 0.4) is 0 Å². The summed E-state index contributed by atoms with van der Waals surface area (Å²) in [6.45, 7) is 17.4. The zero-order valence-corrected chi connectivity index (χ0v) is 28.5. The standard InChI is InChI=1S/C35H59O4P.H3N/c1-29(2)15-9-16-30(3)17-10-18-31(4)19-11-20-32(5)21-12-22-33(6)23-13-24-34(7)25-14-26-35(8)27-28-39-40(36,37)38;/h15,17,19,21,23,25,27H,9-14,16,18,20,22,24,26,28H2,1-8H3,(H2,36,37,38);1H3/b30-17+,31-19+,32-21-,33-23-,34-25-,35-27-;. The summed E-state index contributed by atoms with van der Waals surface area (Å²) in [4.78, 5) is 17.4. The SMILES string of the molecule is CC(C)=CCC/C(C)=C/CC/C(C)=C/CC/C(C)=C\CC/C(C)=C\CC/C(C)=C\CC/C(C)=C\COP(=O)(O)O.N. The van der Waals surface area contributed by atoms with Crippen LogP contribution >= 0.6 is 7.82 Å². The van der Waals surface area contributed by atoms with Gasteiger partial charge in [0, 0.05) is 0 Å². The first-order valence-electron chi connectivity index (χ1n) is 15.1. The average Bonchev–Trinajstić information content (AvgIpc) is 2.83. The van der Waals surface area contributed by atoms with Gasteiger partial charge in [-0.05, 0) is 132 Å². The zero-order chi connectivity index (χ0) is 30.4. The highest BCUT2D eigenvalue weighted by atomic mass is 31.2. The molecule has 0 spiro atoms. The predicted molar refractivity (Wildman–Crippen MR) is 180 cm³/mol. The minimum absolute atomic E-state index is 0. The van der Waals surface area contributed by atoms with E-state index in [9.17, 15) is 4.57 Å². The first kappa shape index (κ1) is 41.4. The molecule has 0 atom stereocenters. The van der Waals surface area contributed by atoms with Crippen molar-refractivity contribution in [3.05, 3.63) is 81.5 Å². The number of phosphoric ester groups is 1. The third-order valence-electron chi connectivity index (χ3n) is 6.92. The van der Waals surface area contributed by atoms with Crippen LogP contribution in [0.15, 0.2) is 81.5 Å². The molecule has 0 saturated heterocycles. The van der Waals surface area contributed by atoms with Gasteiger partial charge in [-0.15, -0.1) is 0 Å². The van der Waals surface area contributed by atoms with Gasteiger partial charge >= 0.3 is 7.82 Å². The van der Waals surface area contributed by atoms with Gasteiger partial charge < -0.3 is 15.9 Å². The molecule has 0 amide bonds. The van der Waals surface area contributed by atoms with Gasteiger partial charge in [0.05, 0.1) is 6.61 Å². The molecule has 0 bridgehead atoms. The van der Waals surface area contributed by atoms with Crippen molar-refractivity contribution < 1.29 is 18.9 Å². The zero-order valence-electron chi connectivity index (χ0n) is 27.6. The molecular weight excluding hydrogens is 529 g/mol. The summed E-state index contributed by atoms with van der Waals surface area (Å²) >= 11 is 0. The highest BCUT2D eigenvalue weighted by Crippen LogP contribution is 2.35. The smallest absolute Gasteiger partial charge is 0.344 e. The summed E-state index contributed by atoms with van der Waals surface area (Å²) in [6, 6.07) is 0. The predicted octanol–water partition coefficient (Wildman–Crippen LogP) is 11.6. The van der Waals surface area contributed by atoms with Gasteiger partial charge in [-0.2, -0.15) is 0 Å². The number of hydrogen-bond donors (Lipinski definition) is 3. The number of phosphoric acid groups is 1. The lowest BCUT2D eigenvalue weighted by Crippen LogP contribution is -1.89. The van der Waals surface area contributed by atoms with Gasteiger partial charge in [0.25, 0.3) is 0 Å². The van der Waals surface area contributed by atoms with Crippen molar-refractivity contribution in [2.24, 2.45) is 0 Å². The molecule has 0 aliphatic carbocycles. The van der Waals surface area contributed by atoms with Crippen molar-refractivity contribution in [1.82, 2.24) is 6.15 Å². The Balaban J connectivity index is 0. The monoisotopic (exact) mass is 591 g/mol. The van der Waals surface area contributed by atoms with E-state index in [2.05, 4.69) is 89.4 Å². The number of allylic oxidation sites excluding steroid dienone is 13. The van der Waals surface area contributed by atoms with E-state index in [1.54, 1.807) is 6.08 Å². The number of hydrogen-bond acceptors (Lipinski definition) is 3. The molecule has 0 aliphatic heterocycles. The molecule has 5 N–H and O–H groups in total. The molecule has 0 fully saturated rings. The van der Waals surface area contributed by atoms with E-state index in [4.69, 9.17) is 9.79 Å². The molecule has 5 nitrogen and oxygen atoms in total. The van der Waals surface area contributed by atoms with Crippen LogP contribution in [0.5, 0.6) is 0 Å². The molecule has 0 rings (SSSR count). The molecule has 0 unspecified atom stereocenters. The van der Waals surface area contributed by atoms with E-state index < -0.39 is 7.82 Å². The Hall–Kier alpha value is -1.75. The van der Waals surface area contributed by atoms with Crippen LogP contribution in [-0.2, 0) is 9.09 Å². The highest BCUT2D eigenvalue weighted by molar-refractivity contribution is 7.46. The number of rotatable bonds is 21. The van der Waals surface area contributed by atoms with Crippen LogP contribution < -0.4 is 6.15 Å². The van der Waals surface area contributed by atoms with E-state index in [-0.39, 0.29) is 12.8 Å². The molecular formula is C35H62NO4P. The Bertz CT molecular complexity index is 986. The Morgan fingerprint density at radius 3 is 0.976 bits per heavy atom. The molecule has 236 valence electrons. The van der Waals surface area contributed by atoms with Gasteiger partial charge in [-0.3, -0.25) is 4.52 Å². The molecule has 0 aromatic heterocycles. The van der Waals surface area contributed by atoms with Crippen LogP contribution in [0.1, 0.15) is 132 Å². The van der Waals surface area contributed by atoms with Gasteiger partial charge in [0.15, 0.2) is 0 Å². The van der Waals surface area contributed by atoms with Crippen molar-refractivity contribution in [3.8, 4) is 0 Å². The molecule has 0 heterocycles. The van der Waals surface area contributed by atoms with Crippen molar-refractivity contribution in [3.63, 3.8) is 0 Å². The lowest BCUT2D eigenvalue weighted by Gasteiger charge is -2.04. The summed E-state index contributed by atoms with van der Waals surface area (Å²) in [6.07, 6.45) is 29.0. The first-order valence-corrected chi connectivity index (χ1v) is 16.6. The second-order valence-electron chi connectivity index (χ2n) is 11.6. The third-order valence-corrected chi connectivity index (χ3v) is 7.41. The normalized spacial score (nSPS) is 14.3. The van der Waals surface area contributed by atoms with Crippen LogP contribution in [0.4, 0.5) is 0 Å². The van der Waals surface area contributed by atoms with E-state index >= 15 is 0 Å². The maximum absolute atomic E-state index is 10.7. The molecule has 41 heavy (non-hydrogen) atoms. The first-order chi connectivity index (χ1) is 18.8. The fourth-order valence-corrected chi connectivity index (χ4v) is 4.48. The summed E-state index contributed by atoms with van der Waals surface area (Å²) in [5, 5.41) is 0. The second kappa shape index (κ2) is 24.8. The van der Waals surface area contributed by atoms with Gasteiger partial charge in [0.2, 0.25) is 0 Å². The fraction of sp³-hybridized carbons (Fsp3) is 0.600. The highest BCUT2D eigenvalue weighted by Gasteiger charge is 2.11. The Morgan fingerprint density at radius 2 is 0.732 bits per heavy atom. The Morgan fingerprint density at radius 1 is 0.488 bits per heavy atom. The van der Waals surface area contributed by atoms with E-state index in [1.807, 2.05) is 6.92 Å². The minimum atomic E-state index is -4.38. The van der Waals surface area contributed by atoms with E-state index in [1.165, 1.54) is 39.9 Å². The Kier molecular flexibility index (Phi) is 25.0. The average molecular weight is 592 g/mol. The minimum Gasteiger partial charge on any atom is -0.344 e. The van der Waals surface area contributed by atoms with Crippen LogP contribution in [0.25, 0.3) is 0 Å². The molecule has 0 aromatic rings. The quantitative estimate of drug-likeness (QED) is 0.0910. The second-order valence-corrected chi connectivity index (χ2v) is 12.8. The molecule has 0 saturated carbocycles. The van der Waals surface area contributed by atoms with Crippen molar-refractivity contribution in [2.75, 3.05) is 6.61 Å². The van der Waals surface area contributed by atoms with Gasteiger partial charge in [0.1, 0.15) is 0 Å². The molecule has 6 heteroatoms. The fourth-order valence-electron chi connectivity index (χ4n) is 4.21. The molecule has 0 radical (unpaired) electrons. The van der Waals surface area contributed by atoms with Crippen molar-refractivity contribution in [2.45, 2.75) is 132 Å². The van der Waals surface area contributed by atoms with Crippen molar-refractivity contribution in [1.29, 1.82) is 0 Å². The van der Waals surface area contributed by atoms with E-state index in [0.29, 0.717) is 0 Å². The largest absolute Gasteiger partial charge is 0.469 e. The van der Waals surface area contributed by atoms with Gasteiger partial charge in [-0.25, -0.2) is 4.57 Å². The van der Waals surface area contributed by atoms with E-state index in [0.717, 1.165) is 76.2 Å². The summed E-state index contributed by atoms with van der Waals surface area (Å²) < 4.78 is 15.2. The third kappa shape index (κ3) is 29.5. The van der Waals surface area contributed by atoms with Crippen LogP contribution in [0, 0.1) is 0 Å². The Labute approximate surface area is 253 Å². The maximum atomic E-state index is 10.7. The summed E-state index contributed by atoms with van der Waals surface area (Å²) in [5.74, 6) is 0. The van der Waals surface area contributed by atoms with Crippen molar-refractivity contribution >= 4 is 7.82 Å². The summed E-state index contributed by atoms with van der Waals surface area (Å²) in [5.41, 5.74) is 9.82. The lowest BCUT2D eigenvalue weighted by atomic mass is 10.0. The maximum Gasteiger partial charge on any atom is 0.469 e. The van der Waals surface area contributed by atoms with Crippen LogP contribution in [0.2, 0.25) is 0 Å².